The number of ether oxygens (including phenoxy) is 1. The first-order chi connectivity index (χ1) is 23.0. The molecule has 48 heavy (non-hydrogen) atoms. The predicted molar refractivity (Wildman–Crippen MR) is 186 cm³/mol. The minimum Gasteiger partial charge on any atom is -0.494 e. The number of aromatic amines is 1. The number of nitrogens with zero attached hydrogens (tertiary/aromatic N) is 5. The fourth-order valence-corrected chi connectivity index (χ4v) is 4.98. The summed E-state index contributed by atoms with van der Waals surface area (Å²) in [4.78, 5) is 56.1. The SMILES string of the molecule is CCC.COc1cnc(N=CN=C(N)CNC(=O)C(C)(C)CCO)c2[nH]cc(C(=O)C(=O)N3CCC(=C(C#N)c4ccccc4)CC3)c12. The highest BCUT2D eigenvalue weighted by atomic mass is 16.5. The molecule has 1 aromatic carbocycles. The van der Waals surface area contributed by atoms with Gasteiger partial charge in [0.1, 0.15) is 17.9 Å². The van der Waals surface area contributed by atoms with Crippen molar-refractivity contribution >= 4 is 52.1 Å². The summed E-state index contributed by atoms with van der Waals surface area (Å²) in [5, 5.41) is 21.9. The number of amidine groups is 1. The Balaban J connectivity index is 0.00000201. The van der Waals surface area contributed by atoms with Crippen molar-refractivity contribution in [3.8, 4) is 11.8 Å². The van der Waals surface area contributed by atoms with Gasteiger partial charge in [0.05, 0.1) is 48.0 Å². The van der Waals surface area contributed by atoms with Crippen LogP contribution in [-0.4, -0.2) is 83.1 Å². The summed E-state index contributed by atoms with van der Waals surface area (Å²) in [5.74, 6) is -1.08. The number of piperidine rings is 1. The molecular weight excluding hydrogens is 612 g/mol. The van der Waals surface area contributed by atoms with Crippen LogP contribution in [0.5, 0.6) is 5.75 Å². The fourth-order valence-electron chi connectivity index (χ4n) is 4.98. The molecule has 1 aliphatic heterocycles. The third kappa shape index (κ3) is 9.13. The number of carbonyl (C=O) groups excluding carboxylic acids is 3. The van der Waals surface area contributed by atoms with Crippen molar-refractivity contribution in [1.29, 1.82) is 5.26 Å². The van der Waals surface area contributed by atoms with E-state index >= 15 is 0 Å². The van der Waals surface area contributed by atoms with E-state index < -0.39 is 17.1 Å². The van der Waals surface area contributed by atoms with Crippen LogP contribution < -0.4 is 15.8 Å². The van der Waals surface area contributed by atoms with E-state index in [1.165, 1.54) is 37.2 Å². The van der Waals surface area contributed by atoms with Gasteiger partial charge in [-0.15, -0.1) is 0 Å². The summed E-state index contributed by atoms with van der Waals surface area (Å²) >= 11 is 0. The molecule has 2 aromatic heterocycles. The topological polar surface area (TPSA) is 199 Å². The van der Waals surface area contributed by atoms with E-state index in [1.807, 2.05) is 30.3 Å². The Kier molecular flexibility index (Phi) is 13.6. The van der Waals surface area contributed by atoms with Gasteiger partial charge in [0, 0.05) is 31.3 Å². The van der Waals surface area contributed by atoms with Crippen molar-refractivity contribution in [1.82, 2.24) is 20.2 Å². The number of H-pyrrole nitrogens is 1. The van der Waals surface area contributed by atoms with E-state index in [9.17, 15) is 19.6 Å². The molecule has 3 heterocycles. The normalized spacial score (nSPS) is 13.5. The molecular formula is C35H44N8O5. The molecule has 0 aliphatic carbocycles. The second-order valence-corrected chi connectivity index (χ2v) is 11.8. The Bertz CT molecular complexity index is 1720. The van der Waals surface area contributed by atoms with Crippen molar-refractivity contribution in [2.24, 2.45) is 21.1 Å². The Morgan fingerprint density at radius 1 is 1.21 bits per heavy atom. The molecule has 0 unspecified atom stereocenters. The van der Waals surface area contributed by atoms with Gasteiger partial charge in [-0.3, -0.25) is 14.4 Å². The van der Waals surface area contributed by atoms with Gasteiger partial charge in [-0.05, 0) is 30.4 Å². The van der Waals surface area contributed by atoms with E-state index in [-0.39, 0.29) is 42.0 Å². The van der Waals surface area contributed by atoms with Crippen LogP contribution in [0.3, 0.4) is 0 Å². The van der Waals surface area contributed by atoms with Crippen LogP contribution in [0, 0.1) is 16.7 Å². The number of aromatic nitrogens is 2. The summed E-state index contributed by atoms with van der Waals surface area (Å²) in [5.41, 5.74) is 8.03. The molecule has 3 aromatic rings. The third-order valence-corrected chi connectivity index (χ3v) is 7.68. The van der Waals surface area contributed by atoms with Crippen LogP contribution in [-0.2, 0) is 9.59 Å². The lowest BCUT2D eigenvalue weighted by atomic mass is 9.89. The molecule has 0 spiro atoms. The van der Waals surface area contributed by atoms with Crippen LogP contribution in [0.25, 0.3) is 16.5 Å². The third-order valence-electron chi connectivity index (χ3n) is 7.68. The maximum atomic E-state index is 13.5. The van der Waals surface area contributed by atoms with Crippen LogP contribution >= 0.6 is 0 Å². The largest absolute Gasteiger partial charge is 0.494 e. The van der Waals surface area contributed by atoms with Crippen LogP contribution in [0.2, 0.25) is 0 Å². The standard InChI is InChI=1S/C32H36N8O5.C3H8/c1-32(2,11-14-41)31(44)37-18-25(34)38-19-39-29-27-26(24(45-3)17-36-29)23(16-35-27)28(42)30(43)40-12-9-21(10-13-40)22(15-33)20-7-5-4-6-8-20;1-3-2/h4-8,16-17,19,35,41H,9-14,18H2,1-3H3,(H,37,44)(H2,34,36,38,39);3H2,1-2H3. The zero-order valence-electron chi connectivity index (χ0n) is 28.2. The first kappa shape index (κ1) is 37.1. The lowest BCUT2D eigenvalue weighted by molar-refractivity contribution is -0.129. The number of Topliss-reactive ketones (excluding diaryl/α,β-unsaturated/α-hetero) is 1. The minimum absolute atomic E-state index is 0.0215. The summed E-state index contributed by atoms with van der Waals surface area (Å²) < 4.78 is 5.44. The molecule has 4 rings (SSSR count). The number of likely N-dealkylation sites (tertiary alicyclic amines) is 1. The van der Waals surface area contributed by atoms with Gasteiger partial charge in [0.25, 0.3) is 11.7 Å². The number of allylic oxidation sites excluding steroid dienone is 1. The number of ketones is 1. The monoisotopic (exact) mass is 656 g/mol. The molecule has 5 N–H and O–H groups in total. The smallest absolute Gasteiger partial charge is 0.295 e. The number of pyridine rings is 1. The second kappa shape index (κ2) is 17.5. The van der Waals surface area contributed by atoms with Crippen molar-refractivity contribution in [2.75, 3.05) is 33.4 Å². The average Bonchev–Trinajstić information content (AvgIpc) is 3.54. The highest BCUT2D eigenvalue weighted by Gasteiger charge is 2.30. The Morgan fingerprint density at radius 2 is 1.88 bits per heavy atom. The zero-order valence-corrected chi connectivity index (χ0v) is 28.2. The number of amides is 2. The lowest BCUT2D eigenvalue weighted by Crippen LogP contribution is -2.41. The molecule has 0 bridgehead atoms. The molecule has 1 saturated heterocycles. The summed E-state index contributed by atoms with van der Waals surface area (Å²) in [6.07, 6.45) is 6.53. The quantitative estimate of drug-likeness (QED) is 0.0769. The fraction of sp³-hybridized carbons (Fsp3) is 0.400. The van der Waals surface area contributed by atoms with E-state index in [0.29, 0.717) is 48.8 Å². The van der Waals surface area contributed by atoms with Crippen molar-refractivity contribution in [3.05, 3.63) is 59.4 Å². The number of methoxy groups -OCH3 is 1. The predicted octanol–water partition coefficient (Wildman–Crippen LogP) is 4.31. The van der Waals surface area contributed by atoms with Crippen LogP contribution in [0.4, 0.5) is 5.82 Å². The molecule has 0 radical (unpaired) electrons. The lowest BCUT2D eigenvalue weighted by Gasteiger charge is -2.28. The number of nitrogens with one attached hydrogen (secondary N) is 2. The highest BCUT2D eigenvalue weighted by molar-refractivity contribution is 6.45. The van der Waals surface area contributed by atoms with Gasteiger partial charge in [-0.1, -0.05) is 64.4 Å². The molecule has 1 aliphatic rings. The maximum absolute atomic E-state index is 13.5. The number of aliphatic imine (C=N–C) groups is 2. The number of nitriles is 1. The van der Waals surface area contributed by atoms with E-state index in [4.69, 9.17) is 15.6 Å². The number of hydrogen-bond acceptors (Lipinski definition) is 8. The van der Waals surface area contributed by atoms with Gasteiger partial charge < -0.3 is 30.8 Å². The number of rotatable bonds is 11. The number of aliphatic hydroxyl groups is 1. The van der Waals surface area contributed by atoms with Crippen LogP contribution in [0.15, 0.2) is 58.3 Å². The van der Waals surface area contributed by atoms with Gasteiger partial charge in [-0.2, -0.15) is 5.26 Å². The van der Waals surface area contributed by atoms with Crippen molar-refractivity contribution < 1.29 is 24.2 Å². The Morgan fingerprint density at radius 3 is 2.48 bits per heavy atom. The number of carbonyl (C=O) groups is 3. The minimum atomic E-state index is -0.761. The van der Waals surface area contributed by atoms with Gasteiger partial charge >= 0.3 is 0 Å². The first-order valence-electron chi connectivity index (χ1n) is 15.8. The number of fused-ring (bicyclic) bond motifs is 1. The molecule has 0 atom stereocenters. The van der Waals surface area contributed by atoms with E-state index in [1.54, 1.807) is 13.8 Å². The Labute approximate surface area is 280 Å². The molecule has 13 heteroatoms. The van der Waals surface area contributed by atoms with E-state index in [2.05, 4.69) is 45.2 Å². The number of nitrogens with two attached hydrogens (primary N) is 1. The molecule has 1 fully saturated rings. The molecule has 254 valence electrons. The van der Waals surface area contributed by atoms with E-state index in [0.717, 1.165) is 11.1 Å². The Hall–Kier alpha value is -5.35. The van der Waals surface area contributed by atoms with Crippen molar-refractivity contribution in [3.63, 3.8) is 0 Å². The highest BCUT2D eigenvalue weighted by Crippen LogP contribution is 2.34. The summed E-state index contributed by atoms with van der Waals surface area (Å²) in [7, 11) is 1.43. The van der Waals surface area contributed by atoms with Crippen molar-refractivity contribution in [2.45, 2.75) is 53.4 Å². The molecule has 0 saturated carbocycles. The molecule has 2 amide bonds. The average molecular weight is 657 g/mol. The maximum Gasteiger partial charge on any atom is 0.295 e. The number of hydrogen-bond donors (Lipinski definition) is 4. The summed E-state index contributed by atoms with van der Waals surface area (Å²) in [6.45, 7) is 8.17. The number of aliphatic hydroxyl groups excluding tert-OH is 1. The van der Waals surface area contributed by atoms with Gasteiger partial charge in [0.2, 0.25) is 5.91 Å². The zero-order chi connectivity index (χ0) is 35.3. The van der Waals surface area contributed by atoms with Crippen LogP contribution in [0.1, 0.15) is 69.3 Å². The van der Waals surface area contributed by atoms with Gasteiger partial charge in [-0.25, -0.2) is 15.0 Å². The first-order valence-corrected chi connectivity index (χ1v) is 15.8. The summed E-state index contributed by atoms with van der Waals surface area (Å²) in [6, 6.07) is 11.7. The molecule has 13 nitrogen and oxygen atoms in total. The number of benzene rings is 1. The van der Waals surface area contributed by atoms with Gasteiger partial charge in [0.15, 0.2) is 5.82 Å². The second-order valence-electron chi connectivity index (χ2n) is 11.8.